The Morgan fingerprint density at radius 1 is 1.18 bits per heavy atom. The Balaban J connectivity index is 3.16. The Morgan fingerprint density at radius 2 is 1.77 bits per heavy atom. The van der Waals surface area contributed by atoms with Gasteiger partial charge in [-0.2, -0.15) is 0 Å². The first kappa shape index (κ1) is 17.7. The fourth-order valence-electron chi connectivity index (χ4n) is 1.57. The fourth-order valence-corrected chi connectivity index (χ4v) is 1.84. The first-order chi connectivity index (χ1) is 10.3. The Hall–Kier alpha value is -2.35. The molecule has 9 heteroatoms. The molecular weight excluding hydrogens is 312 g/mol. The molecule has 0 bridgehead atoms. The van der Waals surface area contributed by atoms with Crippen molar-refractivity contribution in [3.63, 3.8) is 0 Å². The normalized spacial score (nSPS) is 9.73. The van der Waals surface area contributed by atoms with Gasteiger partial charge in [-0.3, -0.25) is 10.7 Å². The number of nitrogens with one attached hydrogen (secondary N) is 3. The molecule has 0 saturated heterocycles. The summed E-state index contributed by atoms with van der Waals surface area (Å²) in [6.07, 6.45) is 0. The largest absolute Gasteiger partial charge is 0.495 e. The third-order valence-electron chi connectivity index (χ3n) is 2.71. The third kappa shape index (κ3) is 3.85. The van der Waals surface area contributed by atoms with Gasteiger partial charge >= 0.3 is 6.03 Å². The molecule has 0 heterocycles. The highest BCUT2D eigenvalue weighted by atomic mass is 35.5. The lowest BCUT2D eigenvalue weighted by Crippen LogP contribution is -2.41. The van der Waals surface area contributed by atoms with Gasteiger partial charge in [-0.05, 0) is 0 Å². The van der Waals surface area contributed by atoms with Crippen molar-refractivity contribution in [1.29, 1.82) is 5.41 Å². The van der Waals surface area contributed by atoms with Crippen LogP contribution in [0.2, 0.25) is 5.02 Å². The van der Waals surface area contributed by atoms with E-state index in [4.69, 9.17) is 31.2 Å². The number of halogens is 1. The maximum Gasteiger partial charge on any atom is 0.326 e. The molecule has 3 N–H and O–H groups in total. The number of rotatable bonds is 4. The minimum atomic E-state index is -0.644. The van der Waals surface area contributed by atoms with Gasteiger partial charge in [0.25, 0.3) is 0 Å². The van der Waals surface area contributed by atoms with Crippen molar-refractivity contribution in [1.82, 2.24) is 10.2 Å². The SMILES string of the molecule is COc1cc(OC)c(OC)c(NC(=O)NC(=N)N(C)C)c1Cl. The molecule has 0 saturated carbocycles. The average molecular weight is 331 g/mol. The molecule has 0 spiro atoms. The van der Waals surface area contributed by atoms with Gasteiger partial charge in [0.15, 0.2) is 17.5 Å². The molecule has 1 rings (SSSR count). The van der Waals surface area contributed by atoms with Gasteiger partial charge in [-0.25, -0.2) is 4.79 Å². The molecule has 0 fully saturated rings. The maximum atomic E-state index is 12.0. The number of anilines is 1. The van der Waals surface area contributed by atoms with Crippen molar-refractivity contribution >= 4 is 29.3 Å². The molecule has 0 aromatic heterocycles. The van der Waals surface area contributed by atoms with E-state index in [0.29, 0.717) is 11.5 Å². The van der Waals surface area contributed by atoms with Crippen molar-refractivity contribution in [2.24, 2.45) is 0 Å². The van der Waals surface area contributed by atoms with Crippen LogP contribution in [-0.2, 0) is 0 Å². The summed E-state index contributed by atoms with van der Waals surface area (Å²) in [6, 6.07) is 0.903. The van der Waals surface area contributed by atoms with Gasteiger partial charge < -0.3 is 24.4 Å². The zero-order valence-corrected chi connectivity index (χ0v) is 13.8. The molecule has 2 amide bonds. The number of guanidine groups is 1. The number of nitrogens with zero attached hydrogens (tertiary/aromatic N) is 1. The van der Waals surface area contributed by atoms with Crippen molar-refractivity contribution in [2.75, 3.05) is 40.7 Å². The summed E-state index contributed by atoms with van der Waals surface area (Å²) in [5.41, 5.74) is 0.185. The summed E-state index contributed by atoms with van der Waals surface area (Å²) >= 11 is 6.20. The number of carbonyl (C=O) groups is 1. The summed E-state index contributed by atoms with van der Waals surface area (Å²) in [5, 5.41) is 12.6. The maximum absolute atomic E-state index is 12.0. The topological polar surface area (TPSA) is 95.9 Å². The van der Waals surface area contributed by atoms with E-state index < -0.39 is 6.03 Å². The standard InChI is InChI=1S/C13H19ClN4O4/c1-18(2)12(15)17-13(19)16-10-9(14)7(20-3)6-8(21-4)11(10)22-5/h6H,1-5H3,(H3,15,16,17,19). The van der Waals surface area contributed by atoms with Crippen LogP contribution in [0.3, 0.4) is 0 Å². The third-order valence-corrected chi connectivity index (χ3v) is 3.09. The number of amides is 2. The number of urea groups is 1. The van der Waals surface area contributed by atoms with Crippen LogP contribution in [0, 0.1) is 5.41 Å². The number of hydrogen-bond donors (Lipinski definition) is 3. The van der Waals surface area contributed by atoms with Crippen molar-refractivity contribution in [2.45, 2.75) is 0 Å². The van der Waals surface area contributed by atoms with Gasteiger partial charge in [-0.1, -0.05) is 11.6 Å². The zero-order valence-electron chi connectivity index (χ0n) is 13.0. The highest BCUT2D eigenvalue weighted by molar-refractivity contribution is 6.35. The molecule has 1 aromatic carbocycles. The second kappa shape index (κ2) is 7.60. The Kier molecular flexibility index (Phi) is 6.11. The van der Waals surface area contributed by atoms with Crippen molar-refractivity contribution < 1.29 is 19.0 Å². The van der Waals surface area contributed by atoms with E-state index in [2.05, 4.69) is 10.6 Å². The van der Waals surface area contributed by atoms with Gasteiger partial charge in [0.05, 0.1) is 21.3 Å². The predicted octanol–water partition coefficient (Wildman–Crippen LogP) is 1.98. The molecule has 0 atom stereocenters. The second-order valence-electron chi connectivity index (χ2n) is 4.33. The van der Waals surface area contributed by atoms with Crippen LogP contribution in [0.4, 0.5) is 10.5 Å². The number of hydrogen-bond acceptors (Lipinski definition) is 5. The lowest BCUT2D eigenvalue weighted by atomic mass is 10.2. The van der Waals surface area contributed by atoms with Gasteiger partial charge in [0.2, 0.25) is 0 Å². The average Bonchev–Trinajstić information content (AvgIpc) is 2.48. The van der Waals surface area contributed by atoms with E-state index in [0.717, 1.165) is 0 Å². The Bertz CT molecular complexity index is 578. The molecule has 0 aliphatic rings. The van der Waals surface area contributed by atoms with E-state index in [1.54, 1.807) is 20.2 Å². The van der Waals surface area contributed by atoms with Crippen LogP contribution < -0.4 is 24.8 Å². The van der Waals surface area contributed by atoms with Crippen LogP contribution in [0.1, 0.15) is 0 Å². The zero-order chi connectivity index (χ0) is 16.9. The Labute approximate surface area is 133 Å². The van der Waals surface area contributed by atoms with Crippen LogP contribution in [0.5, 0.6) is 17.2 Å². The van der Waals surface area contributed by atoms with E-state index in [9.17, 15) is 4.79 Å². The van der Waals surface area contributed by atoms with Crippen LogP contribution >= 0.6 is 11.6 Å². The molecule has 0 aliphatic heterocycles. The van der Waals surface area contributed by atoms with Crippen LogP contribution in [0.25, 0.3) is 0 Å². The van der Waals surface area contributed by atoms with Crippen molar-refractivity contribution in [3.05, 3.63) is 11.1 Å². The second-order valence-corrected chi connectivity index (χ2v) is 4.70. The lowest BCUT2D eigenvalue weighted by molar-refractivity contribution is 0.255. The van der Waals surface area contributed by atoms with E-state index in [-0.39, 0.29) is 22.4 Å². The monoisotopic (exact) mass is 330 g/mol. The molecule has 0 unspecified atom stereocenters. The van der Waals surface area contributed by atoms with Gasteiger partial charge in [0, 0.05) is 20.2 Å². The first-order valence-corrected chi connectivity index (χ1v) is 6.55. The number of methoxy groups -OCH3 is 3. The molecule has 1 aromatic rings. The van der Waals surface area contributed by atoms with Crippen molar-refractivity contribution in [3.8, 4) is 17.2 Å². The summed E-state index contributed by atoms with van der Waals surface area (Å²) in [4.78, 5) is 13.4. The predicted molar refractivity (Wildman–Crippen MR) is 84.7 cm³/mol. The highest BCUT2D eigenvalue weighted by Gasteiger charge is 2.21. The summed E-state index contributed by atoms with van der Waals surface area (Å²) < 4.78 is 15.6. The quantitative estimate of drug-likeness (QED) is 0.579. The number of carbonyl (C=O) groups excluding carboxylic acids is 1. The van der Waals surface area contributed by atoms with E-state index in [1.807, 2.05) is 0 Å². The van der Waals surface area contributed by atoms with Crippen LogP contribution in [0.15, 0.2) is 6.07 Å². The molecule has 0 aliphatic carbocycles. The van der Waals surface area contributed by atoms with Gasteiger partial charge in [0.1, 0.15) is 16.5 Å². The molecular formula is C13H19ClN4O4. The van der Waals surface area contributed by atoms with Gasteiger partial charge in [-0.15, -0.1) is 0 Å². The molecule has 0 radical (unpaired) electrons. The summed E-state index contributed by atoms with van der Waals surface area (Å²) in [7, 11) is 7.58. The molecule has 22 heavy (non-hydrogen) atoms. The lowest BCUT2D eigenvalue weighted by Gasteiger charge is -2.19. The number of ether oxygens (including phenoxy) is 3. The Morgan fingerprint density at radius 3 is 2.23 bits per heavy atom. The number of benzene rings is 1. The first-order valence-electron chi connectivity index (χ1n) is 6.18. The summed E-state index contributed by atoms with van der Waals surface area (Å²) in [5.74, 6) is 0.835. The summed E-state index contributed by atoms with van der Waals surface area (Å²) in [6.45, 7) is 0. The molecule has 122 valence electrons. The highest BCUT2D eigenvalue weighted by Crippen LogP contribution is 2.46. The minimum Gasteiger partial charge on any atom is -0.495 e. The fraction of sp³-hybridized carbons (Fsp3) is 0.385. The van der Waals surface area contributed by atoms with Crippen LogP contribution in [-0.4, -0.2) is 52.3 Å². The van der Waals surface area contributed by atoms with E-state index >= 15 is 0 Å². The smallest absolute Gasteiger partial charge is 0.326 e. The van der Waals surface area contributed by atoms with E-state index in [1.165, 1.54) is 26.2 Å². The minimum absolute atomic E-state index is 0.0811. The molecule has 8 nitrogen and oxygen atoms in total.